The molecule has 0 aromatic heterocycles. The minimum absolute atomic E-state index is 0.600. The number of rotatable bonds is 4. The van der Waals surface area contributed by atoms with Gasteiger partial charge in [0.2, 0.25) is 0 Å². The molecule has 0 N–H and O–H groups in total. The van der Waals surface area contributed by atoms with E-state index in [4.69, 9.17) is 0 Å². The normalized spacial score (nSPS) is 14.9. The first kappa shape index (κ1) is 14.6. The van der Waals surface area contributed by atoms with E-state index >= 15 is 0 Å². The summed E-state index contributed by atoms with van der Waals surface area (Å²) in [6.45, 7) is 3.85. The van der Waals surface area contributed by atoms with E-state index in [0.717, 1.165) is 18.6 Å². The molecular formula is C14H16F3N. The number of nitriles is 1. The summed E-state index contributed by atoms with van der Waals surface area (Å²) < 4.78 is 37.4. The molecule has 1 unspecified atom stereocenters. The molecule has 0 bridgehead atoms. The summed E-state index contributed by atoms with van der Waals surface area (Å²) in [6.07, 6.45) is -2.25. The second-order valence-electron chi connectivity index (χ2n) is 4.37. The van der Waals surface area contributed by atoms with Crippen molar-refractivity contribution in [2.75, 3.05) is 0 Å². The highest BCUT2D eigenvalue weighted by molar-refractivity contribution is 5.35. The molecule has 98 valence electrons. The van der Waals surface area contributed by atoms with E-state index in [-0.39, 0.29) is 0 Å². The summed E-state index contributed by atoms with van der Waals surface area (Å²) >= 11 is 0. The zero-order valence-electron chi connectivity index (χ0n) is 10.5. The standard InChI is InChI=1S/C14H16F3N/c1-3-9-13(4-2,10-18)11-5-7-12(8-6-11)14(15,16)17/h5-8H,3-4,9H2,1-2H3. The number of benzene rings is 1. The molecule has 0 aliphatic carbocycles. The molecule has 0 heterocycles. The Balaban J connectivity index is 3.14. The van der Waals surface area contributed by atoms with Crippen LogP contribution in [-0.2, 0) is 11.6 Å². The maximum Gasteiger partial charge on any atom is 0.416 e. The van der Waals surface area contributed by atoms with Crippen LogP contribution in [0.25, 0.3) is 0 Å². The summed E-state index contributed by atoms with van der Waals surface area (Å²) in [5.41, 5.74) is -0.674. The van der Waals surface area contributed by atoms with E-state index in [1.54, 1.807) is 0 Å². The Labute approximate surface area is 105 Å². The second kappa shape index (κ2) is 5.43. The second-order valence-corrected chi connectivity index (χ2v) is 4.37. The number of hydrogen-bond donors (Lipinski definition) is 0. The van der Waals surface area contributed by atoms with Crippen molar-refractivity contribution in [3.63, 3.8) is 0 Å². The Morgan fingerprint density at radius 3 is 1.89 bits per heavy atom. The molecule has 1 aromatic carbocycles. The number of hydrogen-bond acceptors (Lipinski definition) is 1. The lowest BCUT2D eigenvalue weighted by atomic mass is 9.76. The van der Waals surface area contributed by atoms with Crippen LogP contribution in [0.15, 0.2) is 24.3 Å². The van der Waals surface area contributed by atoms with E-state index in [9.17, 15) is 18.4 Å². The Bertz CT molecular complexity index is 428. The predicted molar refractivity (Wildman–Crippen MR) is 63.9 cm³/mol. The van der Waals surface area contributed by atoms with Gasteiger partial charge in [-0.25, -0.2) is 0 Å². The lowest BCUT2D eigenvalue weighted by Gasteiger charge is -2.25. The highest BCUT2D eigenvalue weighted by Crippen LogP contribution is 2.35. The minimum atomic E-state index is -4.33. The summed E-state index contributed by atoms with van der Waals surface area (Å²) in [6, 6.07) is 7.20. The Morgan fingerprint density at radius 1 is 1.06 bits per heavy atom. The fourth-order valence-electron chi connectivity index (χ4n) is 2.13. The third-order valence-electron chi connectivity index (χ3n) is 3.26. The first-order valence-corrected chi connectivity index (χ1v) is 5.98. The molecule has 0 saturated carbocycles. The van der Waals surface area contributed by atoms with Gasteiger partial charge in [0.25, 0.3) is 0 Å². The lowest BCUT2D eigenvalue weighted by Crippen LogP contribution is -2.23. The maximum absolute atomic E-state index is 12.5. The van der Waals surface area contributed by atoms with Crippen LogP contribution in [0, 0.1) is 11.3 Å². The molecule has 4 heteroatoms. The lowest BCUT2D eigenvalue weighted by molar-refractivity contribution is -0.137. The van der Waals surface area contributed by atoms with Gasteiger partial charge in [-0.15, -0.1) is 0 Å². The summed E-state index contributed by atoms with van der Waals surface area (Å²) in [7, 11) is 0. The molecule has 0 fully saturated rings. The molecule has 0 amide bonds. The Hall–Kier alpha value is -1.50. The SMILES string of the molecule is CCCC(C#N)(CC)c1ccc(C(F)(F)F)cc1. The number of nitrogens with zero attached hydrogens (tertiary/aromatic N) is 1. The average Bonchev–Trinajstić information content (AvgIpc) is 2.35. The van der Waals surface area contributed by atoms with Gasteiger partial charge in [-0.1, -0.05) is 32.4 Å². The van der Waals surface area contributed by atoms with Gasteiger partial charge in [0.05, 0.1) is 17.0 Å². The van der Waals surface area contributed by atoms with Crippen molar-refractivity contribution in [1.29, 1.82) is 5.26 Å². The Kier molecular flexibility index (Phi) is 4.39. The van der Waals surface area contributed by atoms with Crippen LogP contribution in [0.2, 0.25) is 0 Å². The van der Waals surface area contributed by atoms with Crippen molar-refractivity contribution >= 4 is 0 Å². The fraction of sp³-hybridized carbons (Fsp3) is 0.500. The predicted octanol–water partition coefficient (Wildman–Crippen LogP) is 4.68. The van der Waals surface area contributed by atoms with Crippen molar-refractivity contribution in [3.05, 3.63) is 35.4 Å². The molecule has 0 saturated heterocycles. The molecule has 18 heavy (non-hydrogen) atoms. The highest BCUT2D eigenvalue weighted by Gasteiger charge is 2.33. The molecule has 1 aromatic rings. The summed E-state index contributed by atoms with van der Waals surface area (Å²) in [5, 5.41) is 9.32. The minimum Gasteiger partial charge on any atom is -0.197 e. The first-order chi connectivity index (χ1) is 8.39. The van der Waals surface area contributed by atoms with Gasteiger partial charge in [-0.2, -0.15) is 18.4 Å². The quantitative estimate of drug-likeness (QED) is 0.766. The van der Waals surface area contributed by atoms with Crippen LogP contribution in [0.3, 0.4) is 0 Å². The van der Waals surface area contributed by atoms with Crippen LogP contribution >= 0.6 is 0 Å². The van der Waals surface area contributed by atoms with Gasteiger partial charge in [-0.05, 0) is 30.5 Å². The molecule has 1 atom stereocenters. The van der Waals surface area contributed by atoms with Crippen molar-refractivity contribution in [2.45, 2.75) is 44.7 Å². The van der Waals surface area contributed by atoms with Gasteiger partial charge in [0, 0.05) is 0 Å². The van der Waals surface area contributed by atoms with E-state index in [1.165, 1.54) is 12.1 Å². The van der Waals surface area contributed by atoms with Crippen LogP contribution < -0.4 is 0 Å². The third-order valence-corrected chi connectivity index (χ3v) is 3.26. The van der Waals surface area contributed by atoms with Gasteiger partial charge in [0.15, 0.2) is 0 Å². The van der Waals surface area contributed by atoms with Gasteiger partial charge in [0.1, 0.15) is 0 Å². The van der Waals surface area contributed by atoms with Gasteiger partial charge < -0.3 is 0 Å². The van der Waals surface area contributed by atoms with E-state index in [0.29, 0.717) is 18.4 Å². The number of alkyl halides is 3. The molecule has 0 aliphatic heterocycles. The molecule has 1 rings (SSSR count). The topological polar surface area (TPSA) is 23.8 Å². The maximum atomic E-state index is 12.5. The largest absolute Gasteiger partial charge is 0.416 e. The molecule has 0 radical (unpaired) electrons. The van der Waals surface area contributed by atoms with Crippen molar-refractivity contribution < 1.29 is 13.2 Å². The summed E-state index contributed by atoms with van der Waals surface area (Å²) in [4.78, 5) is 0. The third kappa shape index (κ3) is 2.84. The van der Waals surface area contributed by atoms with Gasteiger partial charge in [-0.3, -0.25) is 0 Å². The van der Waals surface area contributed by atoms with Crippen LogP contribution in [0.5, 0.6) is 0 Å². The zero-order valence-corrected chi connectivity index (χ0v) is 10.5. The zero-order chi connectivity index (χ0) is 13.8. The highest BCUT2D eigenvalue weighted by atomic mass is 19.4. The van der Waals surface area contributed by atoms with Crippen LogP contribution in [0.4, 0.5) is 13.2 Å². The average molecular weight is 255 g/mol. The summed E-state index contributed by atoms with van der Waals surface area (Å²) in [5.74, 6) is 0. The molecule has 0 aliphatic rings. The smallest absolute Gasteiger partial charge is 0.197 e. The van der Waals surface area contributed by atoms with E-state index < -0.39 is 17.2 Å². The molecule has 1 nitrogen and oxygen atoms in total. The van der Waals surface area contributed by atoms with Crippen molar-refractivity contribution in [1.82, 2.24) is 0 Å². The van der Waals surface area contributed by atoms with E-state index in [1.807, 2.05) is 13.8 Å². The number of halogens is 3. The van der Waals surface area contributed by atoms with Crippen molar-refractivity contribution in [2.24, 2.45) is 0 Å². The first-order valence-electron chi connectivity index (χ1n) is 5.98. The monoisotopic (exact) mass is 255 g/mol. The fourth-order valence-corrected chi connectivity index (χ4v) is 2.13. The van der Waals surface area contributed by atoms with Gasteiger partial charge >= 0.3 is 6.18 Å². The van der Waals surface area contributed by atoms with E-state index in [2.05, 4.69) is 6.07 Å². The molecular weight excluding hydrogens is 239 g/mol. The Morgan fingerprint density at radius 2 is 1.56 bits per heavy atom. The molecule has 0 spiro atoms. The van der Waals surface area contributed by atoms with Crippen molar-refractivity contribution in [3.8, 4) is 6.07 Å². The van der Waals surface area contributed by atoms with Crippen LogP contribution in [-0.4, -0.2) is 0 Å². The van der Waals surface area contributed by atoms with Crippen LogP contribution in [0.1, 0.15) is 44.2 Å².